The van der Waals surface area contributed by atoms with Crippen LogP contribution in [0.1, 0.15) is 45.4 Å². The van der Waals surface area contributed by atoms with Crippen molar-refractivity contribution in [2.24, 2.45) is 11.8 Å². The summed E-state index contributed by atoms with van der Waals surface area (Å²) in [6.45, 7) is 6.31. The van der Waals surface area contributed by atoms with Crippen LogP contribution in [0.15, 0.2) is 0 Å². The Morgan fingerprint density at radius 3 is 2.06 bits per heavy atom. The van der Waals surface area contributed by atoms with E-state index >= 15 is 0 Å². The van der Waals surface area contributed by atoms with Crippen molar-refractivity contribution >= 4 is 0 Å². The maximum atomic E-state index is 3.48. The molecule has 1 unspecified atom stereocenters. The van der Waals surface area contributed by atoms with E-state index in [0.29, 0.717) is 6.04 Å². The summed E-state index contributed by atoms with van der Waals surface area (Å²) in [5.41, 5.74) is 0. The summed E-state index contributed by atoms with van der Waals surface area (Å²) in [7, 11) is 2.12. The van der Waals surface area contributed by atoms with Crippen LogP contribution >= 0.6 is 0 Å². The number of nitrogens with one attached hydrogen (secondary N) is 1. The van der Waals surface area contributed by atoms with E-state index in [2.05, 4.69) is 24.2 Å². The van der Waals surface area contributed by atoms with Gasteiger partial charge in [0.05, 0.1) is 0 Å². The fraction of sp³-hybridized carbons (Fsp3) is 1.00. The summed E-state index contributed by atoms with van der Waals surface area (Å²) in [6.07, 6.45) is 8.56. The normalized spacial score (nSPS) is 22.7. The summed E-state index contributed by atoms with van der Waals surface area (Å²) >= 11 is 0. The van der Waals surface area contributed by atoms with Gasteiger partial charge in [0.1, 0.15) is 0 Å². The zero-order chi connectivity index (χ0) is 11.4. The quantitative estimate of drug-likeness (QED) is 0.647. The molecule has 1 atom stereocenters. The van der Waals surface area contributed by atoms with Gasteiger partial charge < -0.3 is 10.2 Å². The van der Waals surface area contributed by atoms with Gasteiger partial charge in [-0.2, -0.15) is 0 Å². The molecule has 2 aliphatic rings. The third-order valence-electron chi connectivity index (χ3n) is 3.95. The molecular weight excluding hydrogens is 196 g/mol. The van der Waals surface area contributed by atoms with Gasteiger partial charge in [-0.25, -0.2) is 0 Å². The summed E-state index contributed by atoms with van der Waals surface area (Å²) < 4.78 is 0. The Balaban J connectivity index is 1.73. The van der Waals surface area contributed by atoms with Crippen LogP contribution in [0.2, 0.25) is 0 Å². The number of likely N-dealkylation sites (N-methyl/N-ethyl adjacent to an activating group) is 1. The van der Waals surface area contributed by atoms with E-state index < -0.39 is 0 Å². The largest absolute Gasteiger partial charge is 0.316 e. The third-order valence-corrected chi connectivity index (χ3v) is 3.95. The fourth-order valence-corrected chi connectivity index (χ4v) is 2.54. The van der Waals surface area contributed by atoms with Gasteiger partial charge in [-0.3, -0.25) is 0 Å². The lowest BCUT2D eigenvalue weighted by molar-refractivity contribution is 0.223. The fourth-order valence-electron chi connectivity index (χ4n) is 2.54. The molecule has 0 bridgehead atoms. The van der Waals surface area contributed by atoms with Gasteiger partial charge in [-0.15, -0.1) is 0 Å². The molecule has 2 fully saturated rings. The second kappa shape index (κ2) is 6.02. The Kier molecular flexibility index (Phi) is 4.66. The molecule has 1 N–H and O–H groups in total. The molecule has 2 rings (SSSR count). The van der Waals surface area contributed by atoms with E-state index in [1.54, 1.807) is 0 Å². The van der Waals surface area contributed by atoms with Crippen molar-refractivity contribution in [3.63, 3.8) is 0 Å². The zero-order valence-corrected chi connectivity index (χ0v) is 11.0. The van der Waals surface area contributed by atoms with Crippen LogP contribution in [0.25, 0.3) is 0 Å². The van der Waals surface area contributed by atoms with Crippen LogP contribution in [0, 0.1) is 11.8 Å². The third kappa shape index (κ3) is 4.42. The molecule has 0 spiro atoms. The molecule has 2 saturated carbocycles. The van der Waals surface area contributed by atoms with E-state index in [-0.39, 0.29) is 0 Å². The first kappa shape index (κ1) is 12.4. The lowest BCUT2D eigenvalue weighted by Crippen LogP contribution is -2.41. The molecule has 0 amide bonds. The first-order chi connectivity index (χ1) is 7.81. The second-order valence-electron chi connectivity index (χ2n) is 5.88. The number of hydrogen-bond acceptors (Lipinski definition) is 2. The van der Waals surface area contributed by atoms with Gasteiger partial charge in [0.2, 0.25) is 0 Å². The van der Waals surface area contributed by atoms with E-state index in [4.69, 9.17) is 0 Å². The maximum absolute atomic E-state index is 3.48. The summed E-state index contributed by atoms with van der Waals surface area (Å²) in [6, 6.07) is 0.711. The molecule has 0 aromatic rings. The summed E-state index contributed by atoms with van der Waals surface area (Å²) in [5.74, 6) is 2.08. The first-order valence-electron chi connectivity index (χ1n) is 7.21. The van der Waals surface area contributed by atoms with Crippen molar-refractivity contribution < 1.29 is 0 Å². The lowest BCUT2D eigenvalue weighted by Gasteiger charge is -2.27. The topological polar surface area (TPSA) is 15.3 Å². The standard InChI is InChI=1S/C14H28N2/c1-3-4-14(15-2)11-16(9-12-5-6-12)10-13-7-8-13/h12-15H,3-11H2,1-2H3. The van der Waals surface area contributed by atoms with Crippen LogP contribution in [0.4, 0.5) is 0 Å². The number of hydrogen-bond donors (Lipinski definition) is 1. The zero-order valence-electron chi connectivity index (χ0n) is 11.0. The maximum Gasteiger partial charge on any atom is 0.0191 e. The van der Waals surface area contributed by atoms with E-state index in [1.807, 2.05) is 0 Å². The Labute approximate surface area is 101 Å². The van der Waals surface area contributed by atoms with Crippen molar-refractivity contribution in [2.75, 3.05) is 26.7 Å². The molecular formula is C14H28N2. The van der Waals surface area contributed by atoms with E-state index in [9.17, 15) is 0 Å². The van der Waals surface area contributed by atoms with Crippen molar-refractivity contribution in [1.82, 2.24) is 10.2 Å². The average Bonchev–Trinajstić information content (AvgIpc) is 3.12. The van der Waals surface area contributed by atoms with Gasteiger partial charge in [0.15, 0.2) is 0 Å². The van der Waals surface area contributed by atoms with Crippen molar-refractivity contribution in [1.29, 1.82) is 0 Å². The molecule has 16 heavy (non-hydrogen) atoms. The molecule has 2 heteroatoms. The first-order valence-corrected chi connectivity index (χ1v) is 7.21. The lowest BCUT2D eigenvalue weighted by atomic mass is 10.1. The molecule has 0 heterocycles. The molecule has 94 valence electrons. The SMILES string of the molecule is CCCC(CN(CC1CC1)CC1CC1)NC. The van der Waals surface area contributed by atoms with Crippen LogP contribution in [-0.2, 0) is 0 Å². The van der Waals surface area contributed by atoms with Crippen molar-refractivity contribution in [3.05, 3.63) is 0 Å². The van der Waals surface area contributed by atoms with Crippen molar-refractivity contribution in [2.45, 2.75) is 51.5 Å². The predicted molar refractivity (Wildman–Crippen MR) is 69.6 cm³/mol. The van der Waals surface area contributed by atoms with Gasteiger partial charge >= 0.3 is 0 Å². The summed E-state index contributed by atoms with van der Waals surface area (Å²) in [5, 5.41) is 3.48. The highest BCUT2D eigenvalue weighted by Gasteiger charge is 2.29. The molecule has 2 nitrogen and oxygen atoms in total. The average molecular weight is 224 g/mol. The highest BCUT2D eigenvalue weighted by molar-refractivity contribution is 4.84. The van der Waals surface area contributed by atoms with Crippen LogP contribution in [-0.4, -0.2) is 37.6 Å². The van der Waals surface area contributed by atoms with Crippen LogP contribution in [0.3, 0.4) is 0 Å². The van der Waals surface area contributed by atoms with Gasteiger partial charge in [-0.05, 0) is 51.0 Å². The van der Waals surface area contributed by atoms with Gasteiger partial charge in [0.25, 0.3) is 0 Å². The molecule has 0 aliphatic heterocycles. The molecule has 0 aromatic heterocycles. The Bertz CT molecular complexity index is 183. The smallest absolute Gasteiger partial charge is 0.0191 e. The molecule has 2 aliphatic carbocycles. The predicted octanol–water partition coefficient (Wildman–Crippen LogP) is 2.50. The molecule has 0 aromatic carbocycles. The minimum absolute atomic E-state index is 0.711. The van der Waals surface area contributed by atoms with Gasteiger partial charge in [-0.1, -0.05) is 13.3 Å². The minimum atomic E-state index is 0.711. The molecule has 0 saturated heterocycles. The highest BCUT2D eigenvalue weighted by atomic mass is 15.2. The second-order valence-corrected chi connectivity index (χ2v) is 5.88. The number of rotatable bonds is 9. The Morgan fingerprint density at radius 1 is 1.12 bits per heavy atom. The number of nitrogens with zero attached hydrogens (tertiary/aromatic N) is 1. The minimum Gasteiger partial charge on any atom is -0.316 e. The van der Waals surface area contributed by atoms with E-state index in [0.717, 1.165) is 11.8 Å². The highest BCUT2D eigenvalue weighted by Crippen LogP contribution is 2.33. The Morgan fingerprint density at radius 2 is 1.69 bits per heavy atom. The van der Waals surface area contributed by atoms with Gasteiger partial charge in [0, 0.05) is 25.7 Å². The van der Waals surface area contributed by atoms with Crippen molar-refractivity contribution in [3.8, 4) is 0 Å². The summed E-state index contributed by atoms with van der Waals surface area (Å²) in [4.78, 5) is 2.74. The van der Waals surface area contributed by atoms with Crippen LogP contribution in [0.5, 0.6) is 0 Å². The van der Waals surface area contributed by atoms with E-state index in [1.165, 1.54) is 58.2 Å². The Hall–Kier alpha value is -0.0800. The van der Waals surface area contributed by atoms with Crippen LogP contribution < -0.4 is 5.32 Å². The monoisotopic (exact) mass is 224 g/mol. The molecule has 0 radical (unpaired) electrons.